The summed E-state index contributed by atoms with van der Waals surface area (Å²) < 4.78 is 0. The van der Waals surface area contributed by atoms with Crippen LogP contribution in [0.1, 0.15) is 5.56 Å². The Hall–Kier alpha value is -1.59. The molecule has 0 fully saturated rings. The summed E-state index contributed by atoms with van der Waals surface area (Å²) in [6, 6.07) is 10.0. The van der Waals surface area contributed by atoms with Crippen molar-refractivity contribution in [2.24, 2.45) is 0 Å². The second kappa shape index (κ2) is 9.35. The molecule has 0 aliphatic heterocycles. The summed E-state index contributed by atoms with van der Waals surface area (Å²) in [6.07, 6.45) is 0.865. The average Bonchev–Trinajstić information content (AvgIpc) is 2.35. The van der Waals surface area contributed by atoms with Gasteiger partial charge in [-0.2, -0.15) is 0 Å². The van der Waals surface area contributed by atoms with E-state index in [2.05, 4.69) is 5.32 Å². The van der Waals surface area contributed by atoms with Crippen molar-refractivity contribution in [3.05, 3.63) is 35.9 Å². The molecule has 0 saturated heterocycles. The summed E-state index contributed by atoms with van der Waals surface area (Å²) in [5.74, 6) is -1.30. The number of carboxylic acid groups (broad SMARTS) is 1. The third-order valence-electron chi connectivity index (χ3n) is 2.48. The highest BCUT2D eigenvalue weighted by molar-refractivity contribution is 5.85. The summed E-state index contributed by atoms with van der Waals surface area (Å²) >= 11 is 0. The van der Waals surface area contributed by atoms with E-state index in [4.69, 9.17) is 5.11 Å². The van der Waals surface area contributed by atoms with Crippen molar-refractivity contribution in [3.63, 3.8) is 0 Å². The van der Waals surface area contributed by atoms with Crippen LogP contribution in [0.4, 0.5) is 0 Å². The Kier molecular flexibility index (Phi) is 8.57. The van der Waals surface area contributed by atoms with E-state index in [9.17, 15) is 9.59 Å². The third kappa shape index (κ3) is 8.18. The van der Waals surface area contributed by atoms with Crippen molar-refractivity contribution in [2.75, 3.05) is 26.7 Å². The molecule has 0 aromatic heterocycles. The molecular weight excluding hydrogens is 268 g/mol. The van der Waals surface area contributed by atoms with Crippen LogP contribution < -0.4 is 5.32 Å². The van der Waals surface area contributed by atoms with Crippen LogP contribution in [0.2, 0.25) is 0 Å². The first kappa shape index (κ1) is 17.4. The first-order chi connectivity index (χ1) is 8.58. The molecule has 0 saturated carbocycles. The Morgan fingerprint density at radius 3 is 2.47 bits per heavy atom. The second-order valence-electron chi connectivity index (χ2n) is 4.14. The van der Waals surface area contributed by atoms with Crippen molar-refractivity contribution in [1.29, 1.82) is 0 Å². The summed E-state index contributed by atoms with van der Waals surface area (Å²) in [4.78, 5) is 23.5. The smallest absolute Gasteiger partial charge is 0.322 e. The first-order valence-corrected chi connectivity index (χ1v) is 5.79. The normalized spacial score (nSPS) is 9.79. The second-order valence-corrected chi connectivity index (χ2v) is 4.14. The summed E-state index contributed by atoms with van der Waals surface area (Å²) in [5, 5.41) is 10.8. The molecule has 1 aromatic carbocycles. The number of nitrogens with zero attached hydrogens (tertiary/aromatic N) is 1. The highest BCUT2D eigenvalue weighted by atomic mass is 35.5. The number of hydrogen-bond donors (Lipinski definition) is 2. The molecule has 1 rings (SSSR count). The maximum absolute atomic E-state index is 11.4. The van der Waals surface area contributed by atoms with Gasteiger partial charge in [-0.3, -0.25) is 14.5 Å². The highest BCUT2D eigenvalue weighted by Crippen LogP contribution is 2.00. The quantitative estimate of drug-likeness (QED) is 0.777. The fourth-order valence-electron chi connectivity index (χ4n) is 1.52. The van der Waals surface area contributed by atoms with Gasteiger partial charge in [0.15, 0.2) is 0 Å². The van der Waals surface area contributed by atoms with Crippen molar-refractivity contribution in [3.8, 4) is 0 Å². The number of hydrogen-bond acceptors (Lipinski definition) is 3. The maximum atomic E-state index is 11.4. The molecule has 0 radical (unpaired) electrons. The van der Waals surface area contributed by atoms with Crippen molar-refractivity contribution < 1.29 is 14.7 Å². The van der Waals surface area contributed by atoms with Gasteiger partial charge in [0.2, 0.25) is 5.91 Å². The van der Waals surface area contributed by atoms with E-state index in [0.717, 1.165) is 13.0 Å². The average molecular weight is 287 g/mol. The zero-order valence-electron chi connectivity index (χ0n) is 10.8. The van der Waals surface area contributed by atoms with Gasteiger partial charge in [0, 0.05) is 6.54 Å². The third-order valence-corrected chi connectivity index (χ3v) is 2.48. The zero-order chi connectivity index (χ0) is 13.4. The molecule has 6 heteroatoms. The van der Waals surface area contributed by atoms with Gasteiger partial charge in [-0.25, -0.2) is 0 Å². The van der Waals surface area contributed by atoms with Crippen molar-refractivity contribution in [2.45, 2.75) is 6.42 Å². The number of carboxylic acids is 1. The maximum Gasteiger partial charge on any atom is 0.322 e. The Bertz CT molecular complexity index is 398. The minimum absolute atomic E-state index is 0. The molecular formula is C13H19ClN2O3. The fourth-order valence-corrected chi connectivity index (χ4v) is 1.52. The van der Waals surface area contributed by atoms with Crippen LogP contribution in [0.25, 0.3) is 0 Å². The van der Waals surface area contributed by atoms with E-state index in [0.29, 0.717) is 0 Å². The standard InChI is InChI=1S/C13H18N2O3.ClH/c1-15(10-12(16)14-9-13(17)18)8-7-11-5-3-2-4-6-11;/h2-6H,7-10H2,1H3,(H,14,16)(H,17,18);1H. The molecule has 1 amide bonds. The molecule has 19 heavy (non-hydrogen) atoms. The van der Waals surface area contributed by atoms with Crippen LogP contribution >= 0.6 is 12.4 Å². The van der Waals surface area contributed by atoms with Crippen LogP contribution in [-0.4, -0.2) is 48.6 Å². The van der Waals surface area contributed by atoms with Crippen LogP contribution in [-0.2, 0) is 16.0 Å². The molecule has 0 heterocycles. The van der Waals surface area contributed by atoms with Crippen molar-refractivity contribution in [1.82, 2.24) is 10.2 Å². The highest BCUT2D eigenvalue weighted by Gasteiger charge is 2.07. The fraction of sp³-hybridized carbons (Fsp3) is 0.385. The molecule has 0 aliphatic carbocycles. The Balaban J connectivity index is 0.00000324. The lowest BCUT2D eigenvalue weighted by Crippen LogP contribution is -2.38. The number of carbonyl (C=O) groups is 2. The number of halogens is 1. The molecule has 0 bridgehead atoms. The minimum atomic E-state index is -1.03. The van der Waals surface area contributed by atoms with Gasteiger partial charge in [0.1, 0.15) is 6.54 Å². The van der Waals surface area contributed by atoms with Gasteiger partial charge >= 0.3 is 5.97 Å². The molecule has 1 aromatic rings. The number of amides is 1. The lowest BCUT2D eigenvalue weighted by atomic mass is 10.1. The summed E-state index contributed by atoms with van der Waals surface area (Å²) in [7, 11) is 1.84. The topological polar surface area (TPSA) is 69.6 Å². The zero-order valence-corrected chi connectivity index (χ0v) is 11.7. The minimum Gasteiger partial charge on any atom is -0.480 e. The largest absolute Gasteiger partial charge is 0.480 e. The van der Waals surface area contributed by atoms with Gasteiger partial charge in [0.05, 0.1) is 6.54 Å². The number of carbonyl (C=O) groups excluding carboxylic acids is 1. The molecule has 2 N–H and O–H groups in total. The van der Waals surface area contributed by atoms with Gasteiger partial charge in [-0.1, -0.05) is 30.3 Å². The van der Waals surface area contributed by atoms with Crippen LogP contribution in [0, 0.1) is 0 Å². The molecule has 106 valence electrons. The Morgan fingerprint density at radius 2 is 1.89 bits per heavy atom. The molecule has 0 spiro atoms. The van der Waals surface area contributed by atoms with E-state index in [-0.39, 0.29) is 31.4 Å². The first-order valence-electron chi connectivity index (χ1n) is 5.79. The van der Waals surface area contributed by atoms with E-state index in [1.54, 1.807) is 0 Å². The SMILES string of the molecule is CN(CCc1ccccc1)CC(=O)NCC(=O)O.Cl. The van der Waals surface area contributed by atoms with E-state index >= 15 is 0 Å². The van der Waals surface area contributed by atoms with Gasteiger partial charge < -0.3 is 10.4 Å². The monoisotopic (exact) mass is 286 g/mol. The van der Waals surface area contributed by atoms with Gasteiger partial charge in [-0.05, 0) is 19.0 Å². The predicted molar refractivity (Wildman–Crippen MR) is 75.5 cm³/mol. The molecule has 5 nitrogen and oxygen atoms in total. The number of likely N-dealkylation sites (N-methyl/N-ethyl adjacent to an activating group) is 1. The van der Waals surface area contributed by atoms with E-state index in [1.165, 1.54) is 5.56 Å². The van der Waals surface area contributed by atoms with Gasteiger partial charge in [-0.15, -0.1) is 12.4 Å². The number of benzene rings is 1. The van der Waals surface area contributed by atoms with E-state index in [1.807, 2.05) is 42.3 Å². The molecule has 0 atom stereocenters. The van der Waals surface area contributed by atoms with Crippen LogP contribution in [0.15, 0.2) is 30.3 Å². The van der Waals surface area contributed by atoms with Crippen molar-refractivity contribution >= 4 is 24.3 Å². The summed E-state index contributed by atoms with van der Waals surface area (Å²) in [6.45, 7) is 0.635. The number of nitrogens with one attached hydrogen (secondary N) is 1. The van der Waals surface area contributed by atoms with Crippen LogP contribution in [0.3, 0.4) is 0 Å². The number of rotatable bonds is 7. The molecule has 0 aliphatic rings. The molecule has 0 unspecified atom stereocenters. The Labute approximate surface area is 119 Å². The van der Waals surface area contributed by atoms with Crippen LogP contribution in [0.5, 0.6) is 0 Å². The van der Waals surface area contributed by atoms with E-state index < -0.39 is 5.97 Å². The lowest BCUT2D eigenvalue weighted by Gasteiger charge is -2.15. The number of aliphatic carboxylic acids is 1. The Morgan fingerprint density at radius 1 is 1.26 bits per heavy atom. The lowest BCUT2D eigenvalue weighted by molar-refractivity contribution is -0.138. The summed E-state index contributed by atoms with van der Waals surface area (Å²) in [5.41, 5.74) is 1.22. The predicted octanol–water partition coefficient (Wildman–Crippen LogP) is 0.783. The van der Waals surface area contributed by atoms with Gasteiger partial charge in [0.25, 0.3) is 0 Å².